The van der Waals surface area contributed by atoms with E-state index in [0.29, 0.717) is 6.42 Å². The van der Waals surface area contributed by atoms with Gasteiger partial charge in [-0.1, -0.05) is 40.7 Å². The minimum Gasteiger partial charge on any atom is -0.508 e. The molecule has 2 unspecified atom stereocenters. The summed E-state index contributed by atoms with van der Waals surface area (Å²) in [7, 11) is 0. The normalized spacial score (nSPS) is 16.8. The fourth-order valence-corrected chi connectivity index (χ4v) is 29.8. The number of nitrogens with one attached hydrogen (secondary N) is 1. The Hall–Kier alpha value is -5.02. The van der Waals surface area contributed by atoms with Crippen LogP contribution in [0.25, 0.3) is 0 Å². The second-order valence-corrected chi connectivity index (χ2v) is 26.7. The fourth-order valence-electron chi connectivity index (χ4n) is 3.84. The summed E-state index contributed by atoms with van der Waals surface area (Å²) in [6.45, 7) is 0.565. The minimum atomic E-state index is -1.83. The van der Waals surface area contributed by atoms with E-state index < -0.39 is 68.9 Å². The first-order valence-electron chi connectivity index (χ1n) is 14.5. The van der Waals surface area contributed by atoms with Gasteiger partial charge in [0.25, 0.3) is 15.3 Å². The average molecular weight is 836 g/mol. The molecule has 3 aromatic rings. The van der Waals surface area contributed by atoms with Crippen LogP contribution in [0.3, 0.4) is 0 Å². The van der Waals surface area contributed by atoms with Gasteiger partial charge in [0.15, 0.2) is 11.4 Å². The molecule has 0 spiro atoms. The van der Waals surface area contributed by atoms with Crippen molar-refractivity contribution in [3.63, 3.8) is 0 Å². The van der Waals surface area contributed by atoms with Crippen LogP contribution in [0.15, 0.2) is 72.1 Å². The molecule has 0 aliphatic carbocycles. The van der Waals surface area contributed by atoms with Gasteiger partial charge in [-0.3, -0.25) is 4.79 Å². The molecule has 284 valence electrons. The number of nitrogens with zero attached hydrogens (tertiary/aromatic N) is 4. The fraction of sp³-hybridized carbons (Fsp3) is 0.259. The maximum absolute atomic E-state index is 12.8. The zero-order chi connectivity index (χ0) is 39.1. The molecule has 0 bridgehead atoms. The van der Waals surface area contributed by atoms with Crippen LogP contribution in [-0.4, -0.2) is 62.8 Å². The molecule has 3 N–H and O–H groups in total. The number of hydrogen-bond acceptors (Lipinski definition) is 20. The topological polar surface area (TPSA) is 292 Å². The molecule has 2 atom stereocenters. The summed E-state index contributed by atoms with van der Waals surface area (Å²) in [5, 5.41) is 53.5. The number of amides is 1. The number of rotatable bonds is 18. The molecule has 0 radical (unpaired) electrons. The molecule has 21 nitrogen and oxygen atoms in total. The Morgan fingerprint density at radius 3 is 2.08 bits per heavy atom. The highest BCUT2D eigenvalue weighted by molar-refractivity contribution is 9.43. The van der Waals surface area contributed by atoms with Crippen molar-refractivity contribution < 1.29 is 59.1 Å². The Morgan fingerprint density at radius 2 is 1.53 bits per heavy atom. The summed E-state index contributed by atoms with van der Waals surface area (Å²) >= 11 is 9.33. The van der Waals surface area contributed by atoms with E-state index in [2.05, 4.69) is 30.0 Å². The molecule has 3 aromatic carbocycles. The predicted octanol–water partition coefficient (Wildman–Crippen LogP) is 5.15. The van der Waals surface area contributed by atoms with Gasteiger partial charge in [0.05, 0.1) is 17.2 Å². The molecular formula is C27H27N5O16P2S3. The van der Waals surface area contributed by atoms with E-state index in [0.717, 1.165) is 22.7 Å². The third-order valence-electron chi connectivity index (χ3n) is 6.31. The molecule has 4 rings (SSSR count). The molecule has 1 aliphatic rings. The lowest BCUT2D eigenvalue weighted by atomic mass is 10.1. The summed E-state index contributed by atoms with van der Waals surface area (Å²) < 4.78 is 3.55. The molecule has 26 heteroatoms. The van der Waals surface area contributed by atoms with E-state index in [9.17, 15) is 55.1 Å². The van der Waals surface area contributed by atoms with Crippen LogP contribution < -0.4 is 20.7 Å². The zero-order valence-electron chi connectivity index (χ0n) is 26.9. The molecule has 0 saturated carbocycles. The molecule has 1 aliphatic heterocycles. The summed E-state index contributed by atoms with van der Waals surface area (Å²) in [6.07, 6.45) is -3.07. The highest BCUT2D eigenvalue weighted by Gasteiger charge is 2.40. The maximum Gasteiger partial charge on any atom is 0.347 e. The first-order chi connectivity index (χ1) is 25.1. The van der Waals surface area contributed by atoms with Crippen LogP contribution in [0, 0.1) is 35.3 Å². The summed E-state index contributed by atoms with van der Waals surface area (Å²) in [5.74, 6) is -1.77. The Bertz CT molecular complexity index is 1830. The smallest absolute Gasteiger partial charge is 0.347 e. The Kier molecular flexibility index (Phi) is 16.2. The summed E-state index contributed by atoms with van der Waals surface area (Å²) in [6, 6.07) is 17.4. The van der Waals surface area contributed by atoms with Gasteiger partial charge in [-0.05, 0) is 78.5 Å². The SMILES string of the molecule is CCC(CO[N+](=O)[O-])ON=O.O=C(CC(CO[N+](=O)[O-])O[N+](=O)[O-])Nc1ccc(O)c(C(=O)Oc2ccc(P3SP(=S)(c4ccc(O)cc4)S3)cc2)c1. The minimum absolute atomic E-state index is 0.0429. The second kappa shape index (κ2) is 20.3. The molecule has 1 amide bonds. The van der Waals surface area contributed by atoms with Crippen molar-refractivity contribution in [2.24, 2.45) is 5.34 Å². The van der Waals surface area contributed by atoms with Crippen LogP contribution in [0.5, 0.6) is 17.2 Å². The van der Waals surface area contributed by atoms with Crippen molar-refractivity contribution in [2.45, 2.75) is 32.0 Å². The molecule has 1 fully saturated rings. The predicted molar refractivity (Wildman–Crippen MR) is 195 cm³/mol. The third-order valence-corrected chi connectivity index (χ3v) is 31.4. The van der Waals surface area contributed by atoms with E-state index in [1.807, 2.05) is 24.3 Å². The summed E-state index contributed by atoms with van der Waals surface area (Å²) in [4.78, 5) is 81.6. The maximum atomic E-state index is 12.8. The van der Waals surface area contributed by atoms with E-state index >= 15 is 0 Å². The monoisotopic (exact) mass is 835 g/mol. The number of ether oxygens (including phenoxy) is 1. The van der Waals surface area contributed by atoms with E-state index in [1.165, 1.54) is 6.07 Å². The second-order valence-electron chi connectivity index (χ2n) is 10.0. The van der Waals surface area contributed by atoms with E-state index in [4.69, 9.17) is 16.5 Å². The largest absolute Gasteiger partial charge is 0.508 e. The Morgan fingerprint density at radius 1 is 0.925 bits per heavy atom. The lowest BCUT2D eigenvalue weighted by Gasteiger charge is -2.37. The lowest BCUT2D eigenvalue weighted by molar-refractivity contribution is -0.789. The van der Waals surface area contributed by atoms with Gasteiger partial charge in [0.1, 0.15) is 42.1 Å². The van der Waals surface area contributed by atoms with Crippen molar-refractivity contribution in [1.29, 1.82) is 0 Å². The van der Waals surface area contributed by atoms with Gasteiger partial charge in [-0.25, -0.2) is 4.79 Å². The van der Waals surface area contributed by atoms with Gasteiger partial charge in [0.2, 0.25) is 5.91 Å². The zero-order valence-corrected chi connectivity index (χ0v) is 31.1. The van der Waals surface area contributed by atoms with Crippen molar-refractivity contribution in [1.82, 2.24) is 0 Å². The summed E-state index contributed by atoms with van der Waals surface area (Å²) in [5.41, 5.74) is -0.225. The van der Waals surface area contributed by atoms with E-state index in [1.54, 1.807) is 53.2 Å². The van der Waals surface area contributed by atoms with Crippen LogP contribution in [-0.2, 0) is 36.0 Å². The highest BCUT2D eigenvalue weighted by Crippen LogP contribution is 2.99. The number of anilines is 1. The van der Waals surface area contributed by atoms with Crippen LogP contribution in [0.2, 0.25) is 0 Å². The average Bonchev–Trinajstić information content (AvgIpc) is 3.09. The van der Waals surface area contributed by atoms with Crippen LogP contribution in [0.4, 0.5) is 5.69 Å². The lowest BCUT2D eigenvalue weighted by Crippen LogP contribution is -2.29. The number of esters is 1. The quantitative estimate of drug-likeness (QED) is 0.0284. The Labute approximate surface area is 311 Å². The van der Waals surface area contributed by atoms with Gasteiger partial charge in [0, 0.05) is 11.0 Å². The molecular weight excluding hydrogens is 808 g/mol. The van der Waals surface area contributed by atoms with Gasteiger partial charge in [-0.2, -0.15) is 0 Å². The first-order valence-corrected chi connectivity index (χ1v) is 22.7. The van der Waals surface area contributed by atoms with Gasteiger partial charge >= 0.3 is 5.97 Å². The van der Waals surface area contributed by atoms with E-state index in [-0.39, 0.29) is 29.4 Å². The third kappa shape index (κ3) is 13.8. The molecule has 1 heterocycles. The number of carbonyl (C=O) groups excluding carboxylic acids is 2. The van der Waals surface area contributed by atoms with Crippen molar-refractivity contribution >= 4 is 72.7 Å². The molecule has 53 heavy (non-hydrogen) atoms. The van der Waals surface area contributed by atoms with Crippen molar-refractivity contribution in [2.75, 3.05) is 18.5 Å². The number of phenolic OH excluding ortho intramolecular Hbond substituents is 2. The number of carbonyl (C=O) groups is 2. The van der Waals surface area contributed by atoms with Gasteiger partial charge in [-0.15, -0.1) is 35.3 Å². The van der Waals surface area contributed by atoms with Gasteiger partial charge < -0.3 is 39.6 Å². The molecule has 0 aromatic heterocycles. The number of hydrogen-bond donors (Lipinski definition) is 3. The first kappa shape index (κ1) is 42.4. The number of aromatic hydroxyl groups is 2. The molecule has 1 saturated heterocycles. The number of phenols is 2. The Balaban J connectivity index is 0.000000595. The van der Waals surface area contributed by atoms with Crippen molar-refractivity contribution in [3.8, 4) is 17.2 Å². The highest BCUT2D eigenvalue weighted by atomic mass is 33.7. The van der Waals surface area contributed by atoms with Crippen molar-refractivity contribution in [3.05, 3.63) is 108 Å². The van der Waals surface area contributed by atoms with Crippen LogP contribution >= 0.6 is 32.8 Å². The standard InChI is InChI=1S/C23H19N3O11P2S3.C4H8N2O5/c27-15-2-8-19(9-3-15)39(40)41-38(42-39)18-6-4-16(5-7-18)36-23(30)20-11-14(1-10-21(20)28)24-22(29)12-17(37-26(33)34)13-35-25(31)32;1-2-4(11-5-7)3-10-6(8)9/h1-11,17,27-28H,12-13H2,(H,24,29);4H,2-3H2,1H3. The number of benzene rings is 3. The van der Waals surface area contributed by atoms with Crippen LogP contribution in [0.1, 0.15) is 30.1 Å².